The molecular weight excluding hydrogens is 470 g/mol. The number of para-hydroxylation sites is 1. The minimum atomic E-state index is -0.156. The van der Waals surface area contributed by atoms with Crippen molar-refractivity contribution in [2.24, 2.45) is 0 Å². The Morgan fingerprint density at radius 1 is 0.824 bits per heavy atom. The van der Waals surface area contributed by atoms with Gasteiger partial charge in [0, 0.05) is 24.0 Å². The number of nitrogens with one attached hydrogen (secondary N) is 3. The molecule has 0 aliphatic rings. The highest BCUT2D eigenvalue weighted by Gasteiger charge is 2.09. The molecule has 1 heterocycles. The maximum Gasteiger partial charge on any atom is 0.234 e. The average Bonchev–Trinajstić information content (AvgIpc) is 3.28. The molecule has 0 saturated carbocycles. The topological polar surface area (TPSA) is 105 Å². The number of hydrogen-bond acceptors (Lipinski definition) is 8. The van der Waals surface area contributed by atoms with E-state index in [1.807, 2.05) is 54.6 Å². The van der Waals surface area contributed by atoms with E-state index in [4.69, 9.17) is 4.74 Å². The molecule has 0 aliphatic heterocycles. The summed E-state index contributed by atoms with van der Waals surface area (Å²) in [5, 5.41) is 17.6. The maximum atomic E-state index is 12.2. The van der Waals surface area contributed by atoms with Crippen molar-refractivity contribution in [3.05, 3.63) is 78.9 Å². The largest absolute Gasteiger partial charge is 0.457 e. The number of thioether (sulfide) groups is 1. The van der Waals surface area contributed by atoms with Gasteiger partial charge in [-0.1, -0.05) is 41.3 Å². The van der Waals surface area contributed by atoms with E-state index in [1.54, 1.807) is 24.3 Å². The monoisotopic (exact) mass is 491 g/mol. The predicted octanol–water partition coefficient (Wildman–Crippen LogP) is 5.76. The van der Waals surface area contributed by atoms with Gasteiger partial charge in [0.15, 0.2) is 4.34 Å². The number of carbonyl (C=O) groups excluding carboxylic acids is 2. The number of rotatable bonds is 9. The third-order valence-electron chi connectivity index (χ3n) is 4.31. The minimum absolute atomic E-state index is 0.145. The highest BCUT2D eigenvalue weighted by atomic mass is 32.2. The number of anilines is 4. The van der Waals surface area contributed by atoms with Crippen LogP contribution in [-0.4, -0.2) is 27.8 Å². The number of benzene rings is 3. The average molecular weight is 492 g/mol. The number of hydrogen-bond donors (Lipinski definition) is 3. The summed E-state index contributed by atoms with van der Waals surface area (Å²) in [5.41, 5.74) is 2.18. The van der Waals surface area contributed by atoms with Crippen molar-refractivity contribution in [2.45, 2.75) is 11.3 Å². The fourth-order valence-electron chi connectivity index (χ4n) is 2.84. The molecule has 2 amide bonds. The fraction of sp³-hybridized carbons (Fsp3) is 0.0833. The Bertz CT molecular complexity index is 1250. The lowest BCUT2D eigenvalue weighted by atomic mass is 10.3. The van der Waals surface area contributed by atoms with Gasteiger partial charge in [0.2, 0.25) is 16.9 Å². The van der Waals surface area contributed by atoms with E-state index >= 15 is 0 Å². The van der Waals surface area contributed by atoms with Crippen LogP contribution in [0.15, 0.2) is 83.2 Å². The third-order valence-corrected chi connectivity index (χ3v) is 6.28. The molecule has 34 heavy (non-hydrogen) atoms. The molecule has 172 valence electrons. The molecule has 4 aromatic rings. The smallest absolute Gasteiger partial charge is 0.234 e. The van der Waals surface area contributed by atoms with Crippen LogP contribution in [0.5, 0.6) is 11.5 Å². The summed E-state index contributed by atoms with van der Waals surface area (Å²) in [4.78, 5) is 23.3. The highest BCUT2D eigenvalue weighted by molar-refractivity contribution is 8.01. The fourth-order valence-corrected chi connectivity index (χ4v) is 4.41. The number of ether oxygens (including phenoxy) is 1. The second kappa shape index (κ2) is 11.3. The van der Waals surface area contributed by atoms with Crippen molar-refractivity contribution in [2.75, 3.05) is 21.7 Å². The van der Waals surface area contributed by atoms with Gasteiger partial charge < -0.3 is 20.7 Å². The second-order valence-electron chi connectivity index (χ2n) is 7.03. The van der Waals surface area contributed by atoms with Gasteiger partial charge in [0.25, 0.3) is 0 Å². The van der Waals surface area contributed by atoms with Gasteiger partial charge in [-0.2, -0.15) is 0 Å². The molecule has 0 spiro atoms. The zero-order valence-electron chi connectivity index (χ0n) is 18.1. The molecule has 8 nitrogen and oxygen atoms in total. The van der Waals surface area contributed by atoms with E-state index in [1.165, 1.54) is 30.0 Å². The summed E-state index contributed by atoms with van der Waals surface area (Å²) < 4.78 is 6.48. The van der Waals surface area contributed by atoms with E-state index in [9.17, 15) is 9.59 Å². The van der Waals surface area contributed by atoms with Crippen LogP contribution < -0.4 is 20.7 Å². The van der Waals surface area contributed by atoms with Crippen LogP contribution in [0.3, 0.4) is 0 Å². The quantitative estimate of drug-likeness (QED) is 0.256. The number of aromatic nitrogens is 2. The minimum Gasteiger partial charge on any atom is -0.457 e. The molecule has 0 atom stereocenters. The molecule has 0 fully saturated rings. The number of amides is 2. The first-order valence-electron chi connectivity index (χ1n) is 10.3. The molecule has 10 heteroatoms. The van der Waals surface area contributed by atoms with Crippen molar-refractivity contribution >= 4 is 57.1 Å². The standard InChI is InChI=1S/C24H21N5O3S2/c1-16(30)25-17-7-9-18(10-8-17)26-22(31)15-33-24-29-28-23(34-24)27-19-11-13-21(14-12-19)32-20-5-3-2-4-6-20/h2-14H,15H2,1H3,(H,25,30)(H,26,31)(H,27,28). The maximum absolute atomic E-state index is 12.2. The van der Waals surface area contributed by atoms with Gasteiger partial charge in [-0.25, -0.2) is 0 Å². The molecule has 4 rings (SSSR count). The summed E-state index contributed by atoms with van der Waals surface area (Å²) in [6.07, 6.45) is 0. The molecular formula is C24H21N5O3S2. The van der Waals surface area contributed by atoms with Crippen molar-refractivity contribution in [1.82, 2.24) is 10.2 Å². The highest BCUT2D eigenvalue weighted by Crippen LogP contribution is 2.29. The Labute approximate surface area is 204 Å². The zero-order valence-corrected chi connectivity index (χ0v) is 19.8. The van der Waals surface area contributed by atoms with Crippen molar-refractivity contribution < 1.29 is 14.3 Å². The second-order valence-corrected chi connectivity index (χ2v) is 9.23. The van der Waals surface area contributed by atoms with Gasteiger partial charge in [0.1, 0.15) is 11.5 Å². The molecule has 1 aromatic heterocycles. The first-order chi connectivity index (χ1) is 16.5. The van der Waals surface area contributed by atoms with Gasteiger partial charge in [0.05, 0.1) is 5.75 Å². The van der Waals surface area contributed by atoms with E-state index < -0.39 is 0 Å². The third kappa shape index (κ3) is 7.06. The normalized spacial score (nSPS) is 10.4. The van der Waals surface area contributed by atoms with Gasteiger partial charge >= 0.3 is 0 Å². The van der Waals surface area contributed by atoms with Crippen molar-refractivity contribution in [3.8, 4) is 11.5 Å². The summed E-state index contributed by atoms with van der Waals surface area (Å²) in [6.45, 7) is 1.44. The zero-order chi connectivity index (χ0) is 23.8. The summed E-state index contributed by atoms with van der Waals surface area (Å²) >= 11 is 2.68. The molecule has 0 saturated heterocycles. The molecule has 0 unspecified atom stereocenters. The Balaban J connectivity index is 1.24. The van der Waals surface area contributed by atoms with E-state index in [2.05, 4.69) is 26.1 Å². The Morgan fingerprint density at radius 2 is 1.44 bits per heavy atom. The van der Waals surface area contributed by atoms with Crippen LogP contribution in [0.4, 0.5) is 22.2 Å². The lowest BCUT2D eigenvalue weighted by molar-refractivity contribution is -0.114. The van der Waals surface area contributed by atoms with Crippen LogP contribution in [0, 0.1) is 0 Å². The summed E-state index contributed by atoms with van der Waals surface area (Å²) in [7, 11) is 0. The Morgan fingerprint density at radius 3 is 2.12 bits per heavy atom. The summed E-state index contributed by atoms with van der Waals surface area (Å²) in [5.74, 6) is 1.42. The Hall–Kier alpha value is -3.89. The van der Waals surface area contributed by atoms with Gasteiger partial charge in [-0.3, -0.25) is 9.59 Å². The lowest BCUT2D eigenvalue weighted by Crippen LogP contribution is -2.14. The van der Waals surface area contributed by atoms with Crippen LogP contribution in [0.25, 0.3) is 0 Å². The van der Waals surface area contributed by atoms with Gasteiger partial charge in [-0.15, -0.1) is 10.2 Å². The molecule has 3 N–H and O–H groups in total. The van der Waals surface area contributed by atoms with Crippen LogP contribution in [0.2, 0.25) is 0 Å². The first-order valence-corrected chi connectivity index (χ1v) is 12.1. The van der Waals surface area contributed by atoms with Crippen LogP contribution in [0.1, 0.15) is 6.92 Å². The number of nitrogens with zero attached hydrogens (tertiary/aromatic N) is 2. The first kappa shape index (κ1) is 23.3. The molecule has 0 radical (unpaired) electrons. The SMILES string of the molecule is CC(=O)Nc1ccc(NC(=O)CSc2nnc(Nc3ccc(Oc4ccccc4)cc3)s2)cc1. The molecule has 3 aromatic carbocycles. The van der Waals surface area contributed by atoms with E-state index in [-0.39, 0.29) is 17.6 Å². The van der Waals surface area contributed by atoms with Crippen molar-refractivity contribution in [3.63, 3.8) is 0 Å². The molecule has 0 aliphatic carbocycles. The number of carbonyl (C=O) groups is 2. The summed E-state index contributed by atoms with van der Waals surface area (Å²) in [6, 6.07) is 24.1. The van der Waals surface area contributed by atoms with Crippen molar-refractivity contribution in [1.29, 1.82) is 0 Å². The van der Waals surface area contributed by atoms with Gasteiger partial charge in [-0.05, 0) is 60.7 Å². The van der Waals surface area contributed by atoms with Crippen LogP contribution in [-0.2, 0) is 9.59 Å². The molecule has 0 bridgehead atoms. The van der Waals surface area contributed by atoms with E-state index in [0.717, 1.165) is 17.2 Å². The van der Waals surface area contributed by atoms with E-state index in [0.29, 0.717) is 20.8 Å². The lowest BCUT2D eigenvalue weighted by Gasteiger charge is -2.07. The van der Waals surface area contributed by atoms with Crippen LogP contribution >= 0.6 is 23.1 Å². The predicted molar refractivity (Wildman–Crippen MR) is 136 cm³/mol. The Kier molecular flexibility index (Phi) is 7.74.